The Morgan fingerprint density at radius 2 is 1.65 bits per heavy atom. The lowest BCUT2D eigenvalue weighted by Gasteiger charge is -2.30. The van der Waals surface area contributed by atoms with Crippen LogP contribution in [0.5, 0.6) is 0 Å². The molecule has 1 atom stereocenters. The zero-order chi connectivity index (χ0) is 14.6. The second kappa shape index (κ2) is 6.06. The number of aryl methyl sites for hydroxylation is 1. The molecule has 20 heavy (non-hydrogen) atoms. The van der Waals surface area contributed by atoms with E-state index in [1.807, 2.05) is 38.1 Å². The van der Waals surface area contributed by atoms with Crippen molar-refractivity contribution in [2.75, 3.05) is 11.9 Å². The Hall–Kier alpha value is -1.87. The van der Waals surface area contributed by atoms with Gasteiger partial charge in [-0.15, -0.1) is 0 Å². The van der Waals surface area contributed by atoms with E-state index in [2.05, 4.69) is 5.32 Å². The van der Waals surface area contributed by atoms with E-state index < -0.39 is 5.54 Å². The molecule has 0 aromatic heterocycles. The Morgan fingerprint density at radius 3 is 2.20 bits per heavy atom. The molecule has 2 rings (SSSR count). The van der Waals surface area contributed by atoms with Gasteiger partial charge in [-0.05, 0) is 50.1 Å². The van der Waals surface area contributed by atoms with E-state index in [1.165, 1.54) is 17.7 Å². The van der Waals surface area contributed by atoms with Crippen molar-refractivity contribution in [2.45, 2.75) is 25.8 Å². The van der Waals surface area contributed by atoms with Gasteiger partial charge in [0, 0.05) is 5.69 Å². The smallest absolute Gasteiger partial charge is 0.123 e. The summed E-state index contributed by atoms with van der Waals surface area (Å²) in [6.45, 7) is 3.99. The first kappa shape index (κ1) is 14.5. The fourth-order valence-corrected chi connectivity index (χ4v) is 2.18. The predicted molar refractivity (Wildman–Crippen MR) is 80.4 cm³/mol. The quantitative estimate of drug-likeness (QED) is 0.873. The molecule has 2 aromatic rings. The molecule has 0 bridgehead atoms. The van der Waals surface area contributed by atoms with Gasteiger partial charge in [0.05, 0.1) is 12.1 Å². The highest BCUT2D eigenvalue weighted by molar-refractivity contribution is 5.47. The summed E-state index contributed by atoms with van der Waals surface area (Å²) >= 11 is 0. The molecule has 2 nitrogen and oxygen atoms in total. The predicted octanol–water partition coefficient (Wildman–Crippen LogP) is 3.54. The standard InChI is InChI=1S/C17H20FNO/c1-13-3-9-16(10-4-13)19-17(2,12-20)11-14-5-7-15(18)8-6-14/h3-10,19-20H,11-12H2,1-2H3. The molecule has 0 aliphatic rings. The van der Waals surface area contributed by atoms with E-state index in [9.17, 15) is 9.50 Å². The number of rotatable bonds is 5. The summed E-state index contributed by atoms with van der Waals surface area (Å²) in [4.78, 5) is 0. The summed E-state index contributed by atoms with van der Waals surface area (Å²) < 4.78 is 12.9. The highest BCUT2D eigenvalue weighted by atomic mass is 19.1. The normalized spacial score (nSPS) is 13.8. The van der Waals surface area contributed by atoms with Crippen LogP contribution < -0.4 is 5.32 Å². The molecule has 2 N–H and O–H groups in total. The molecule has 0 heterocycles. The maximum atomic E-state index is 12.9. The third-order valence-corrected chi connectivity index (χ3v) is 3.35. The van der Waals surface area contributed by atoms with Crippen LogP contribution in [0.25, 0.3) is 0 Å². The van der Waals surface area contributed by atoms with E-state index in [1.54, 1.807) is 12.1 Å². The fourth-order valence-electron chi connectivity index (χ4n) is 2.18. The van der Waals surface area contributed by atoms with Crippen LogP contribution in [0, 0.1) is 12.7 Å². The number of nitrogens with one attached hydrogen (secondary N) is 1. The van der Waals surface area contributed by atoms with Crippen molar-refractivity contribution in [1.29, 1.82) is 0 Å². The lowest BCUT2D eigenvalue weighted by molar-refractivity contribution is 0.222. The van der Waals surface area contributed by atoms with Gasteiger partial charge < -0.3 is 10.4 Å². The third-order valence-electron chi connectivity index (χ3n) is 3.35. The van der Waals surface area contributed by atoms with Crippen molar-refractivity contribution >= 4 is 5.69 Å². The lowest BCUT2D eigenvalue weighted by atomic mass is 9.93. The molecule has 106 valence electrons. The van der Waals surface area contributed by atoms with Gasteiger partial charge >= 0.3 is 0 Å². The van der Waals surface area contributed by atoms with Crippen molar-refractivity contribution in [3.05, 3.63) is 65.5 Å². The Bertz CT molecular complexity index is 501. The number of aliphatic hydroxyl groups is 1. The van der Waals surface area contributed by atoms with Crippen LogP contribution in [-0.4, -0.2) is 17.3 Å². The van der Waals surface area contributed by atoms with E-state index in [-0.39, 0.29) is 12.4 Å². The van der Waals surface area contributed by atoms with Crippen molar-refractivity contribution in [3.8, 4) is 0 Å². The van der Waals surface area contributed by atoms with Crippen LogP contribution in [0.3, 0.4) is 0 Å². The molecular formula is C17H20FNO. The first-order valence-corrected chi connectivity index (χ1v) is 6.71. The molecule has 3 heteroatoms. The molecule has 0 radical (unpaired) electrons. The SMILES string of the molecule is Cc1ccc(NC(C)(CO)Cc2ccc(F)cc2)cc1. The summed E-state index contributed by atoms with van der Waals surface area (Å²) in [6.07, 6.45) is 0.623. The van der Waals surface area contributed by atoms with E-state index in [0.29, 0.717) is 6.42 Å². The molecule has 0 saturated heterocycles. The Labute approximate surface area is 119 Å². The second-order valence-electron chi connectivity index (χ2n) is 5.51. The van der Waals surface area contributed by atoms with Crippen molar-refractivity contribution in [1.82, 2.24) is 0 Å². The lowest BCUT2D eigenvalue weighted by Crippen LogP contribution is -2.41. The molecule has 0 spiro atoms. The molecule has 0 saturated carbocycles. The second-order valence-corrected chi connectivity index (χ2v) is 5.51. The van der Waals surface area contributed by atoms with Gasteiger partial charge in [-0.1, -0.05) is 29.8 Å². The molecule has 0 aliphatic carbocycles. The van der Waals surface area contributed by atoms with Gasteiger partial charge in [-0.3, -0.25) is 0 Å². The van der Waals surface area contributed by atoms with E-state index >= 15 is 0 Å². The van der Waals surface area contributed by atoms with Crippen LogP contribution >= 0.6 is 0 Å². The summed E-state index contributed by atoms with van der Waals surface area (Å²) in [5.74, 6) is -0.244. The maximum Gasteiger partial charge on any atom is 0.123 e. The van der Waals surface area contributed by atoms with E-state index in [4.69, 9.17) is 0 Å². The Morgan fingerprint density at radius 1 is 1.05 bits per heavy atom. The zero-order valence-electron chi connectivity index (χ0n) is 11.9. The average molecular weight is 273 g/mol. The molecule has 0 amide bonds. The number of aliphatic hydroxyl groups excluding tert-OH is 1. The minimum atomic E-state index is -0.479. The first-order chi connectivity index (χ1) is 9.50. The van der Waals surface area contributed by atoms with Gasteiger partial charge in [-0.25, -0.2) is 4.39 Å². The van der Waals surface area contributed by atoms with Crippen LogP contribution in [-0.2, 0) is 6.42 Å². The fraction of sp³-hybridized carbons (Fsp3) is 0.294. The Balaban J connectivity index is 2.12. The van der Waals surface area contributed by atoms with E-state index in [0.717, 1.165) is 11.3 Å². The summed E-state index contributed by atoms with van der Waals surface area (Å²) in [5, 5.41) is 13.0. The minimum Gasteiger partial charge on any atom is -0.394 e. The highest BCUT2D eigenvalue weighted by Gasteiger charge is 2.23. The number of halogens is 1. The van der Waals surface area contributed by atoms with Crippen LogP contribution in [0.4, 0.5) is 10.1 Å². The van der Waals surface area contributed by atoms with Crippen molar-refractivity contribution < 1.29 is 9.50 Å². The average Bonchev–Trinajstić information content (AvgIpc) is 2.44. The van der Waals surface area contributed by atoms with Crippen LogP contribution in [0.15, 0.2) is 48.5 Å². The van der Waals surface area contributed by atoms with Crippen LogP contribution in [0.1, 0.15) is 18.1 Å². The van der Waals surface area contributed by atoms with Crippen LogP contribution in [0.2, 0.25) is 0 Å². The molecule has 0 fully saturated rings. The molecule has 1 unspecified atom stereocenters. The summed E-state index contributed by atoms with van der Waals surface area (Å²) in [7, 11) is 0. The first-order valence-electron chi connectivity index (χ1n) is 6.71. The molecule has 2 aromatic carbocycles. The van der Waals surface area contributed by atoms with Gasteiger partial charge in [0.25, 0.3) is 0 Å². The topological polar surface area (TPSA) is 32.3 Å². The third kappa shape index (κ3) is 3.81. The van der Waals surface area contributed by atoms with Crippen molar-refractivity contribution in [3.63, 3.8) is 0 Å². The number of hydrogen-bond acceptors (Lipinski definition) is 2. The van der Waals surface area contributed by atoms with Gasteiger partial charge in [-0.2, -0.15) is 0 Å². The Kier molecular flexibility index (Phi) is 4.40. The monoisotopic (exact) mass is 273 g/mol. The number of hydrogen-bond donors (Lipinski definition) is 2. The number of anilines is 1. The van der Waals surface area contributed by atoms with Gasteiger partial charge in [0.2, 0.25) is 0 Å². The number of benzene rings is 2. The highest BCUT2D eigenvalue weighted by Crippen LogP contribution is 2.20. The molecule has 0 aliphatic heterocycles. The maximum absolute atomic E-state index is 12.9. The van der Waals surface area contributed by atoms with Gasteiger partial charge in [0.15, 0.2) is 0 Å². The summed E-state index contributed by atoms with van der Waals surface area (Å²) in [6, 6.07) is 14.4. The molecular weight excluding hydrogens is 253 g/mol. The van der Waals surface area contributed by atoms with Gasteiger partial charge in [0.1, 0.15) is 5.82 Å². The zero-order valence-corrected chi connectivity index (χ0v) is 11.9. The largest absolute Gasteiger partial charge is 0.394 e. The minimum absolute atomic E-state index is 0.00173. The van der Waals surface area contributed by atoms with Crippen molar-refractivity contribution in [2.24, 2.45) is 0 Å². The summed E-state index contributed by atoms with van der Waals surface area (Å²) in [5.41, 5.74) is 2.67.